The van der Waals surface area contributed by atoms with Crippen LogP contribution in [0.25, 0.3) is 32.5 Å². The third kappa shape index (κ3) is 2.77. The molecule has 2 aliphatic rings. The van der Waals surface area contributed by atoms with Gasteiger partial charge in [0.15, 0.2) is 11.6 Å². The molecule has 3 heteroatoms. The molecular formula is C27H18F2S. The van der Waals surface area contributed by atoms with Crippen LogP contribution in [0.5, 0.6) is 0 Å². The normalized spacial score (nSPS) is 17.6. The minimum absolute atomic E-state index is 0.358. The van der Waals surface area contributed by atoms with E-state index in [4.69, 9.17) is 0 Å². The average Bonchev–Trinajstić information content (AvgIpc) is 3.08. The Kier molecular flexibility index (Phi) is 3.84. The molecule has 3 aromatic carbocycles. The standard InChI is InChI=1S/C27H18F2S/c1-15-2-4-16(5-3-15)17-6-7-18-9-22-23-10-20-11-24(28)25(29)12-21(20)14-27(23)30-26(22)13-19(18)8-17/h2-12,14,19H,13H2,1H3. The first kappa shape index (κ1) is 17.8. The van der Waals surface area contributed by atoms with Crippen molar-refractivity contribution in [2.45, 2.75) is 13.3 Å². The third-order valence-corrected chi connectivity index (χ3v) is 7.36. The van der Waals surface area contributed by atoms with Gasteiger partial charge in [-0.2, -0.15) is 0 Å². The zero-order valence-electron chi connectivity index (χ0n) is 16.4. The first-order valence-electron chi connectivity index (χ1n) is 10.1. The quantitative estimate of drug-likeness (QED) is 0.299. The Labute approximate surface area is 177 Å². The highest BCUT2D eigenvalue weighted by Crippen LogP contribution is 2.43. The van der Waals surface area contributed by atoms with Gasteiger partial charge in [0, 0.05) is 20.9 Å². The average molecular weight is 413 g/mol. The number of fused-ring (bicyclic) bond motifs is 5. The van der Waals surface area contributed by atoms with Gasteiger partial charge in [0.05, 0.1) is 0 Å². The van der Waals surface area contributed by atoms with Gasteiger partial charge in [0.1, 0.15) is 0 Å². The van der Waals surface area contributed by atoms with Crippen molar-refractivity contribution < 1.29 is 8.78 Å². The van der Waals surface area contributed by atoms with Crippen molar-refractivity contribution in [1.29, 1.82) is 0 Å². The van der Waals surface area contributed by atoms with Crippen LogP contribution in [0, 0.1) is 24.5 Å². The van der Waals surface area contributed by atoms with Crippen LogP contribution >= 0.6 is 11.3 Å². The van der Waals surface area contributed by atoms with Crippen LogP contribution in [0.2, 0.25) is 0 Å². The summed E-state index contributed by atoms with van der Waals surface area (Å²) in [6.45, 7) is 2.10. The van der Waals surface area contributed by atoms with Crippen molar-refractivity contribution in [3.8, 4) is 0 Å². The Morgan fingerprint density at radius 3 is 2.40 bits per heavy atom. The molecule has 4 aromatic rings. The molecule has 0 aliphatic heterocycles. The van der Waals surface area contributed by atoms with E-state index in [9.17, 15) is 8.78 Å². The number of aryl methyl sites for hydroxylation is 1. The number of hydrogen-bond donors (Lipinski definition) is 0. The summed E-state index contributed by atoms with van der Waals surface area (Å²) in [5, 5.41) is 2.61. The van der Waals surface area contributed by atoms with E-state index in [-0.39, 0.29) is 0 Å². The number of thiophene rings is 1. The fourth-order valence-electron chi connectivity index (χ4n) is 4.53. The molecule has 1 aromatic heterocycles. The van der Waals surface area contributed by atoms with Gasteiger partial charge in [-0.3, -0.25) is 0 Å². The molecule has 6 rings (SSSR count). The van der Waals surface area contributed by atoms with E-state index in [1.165, 1.54) is 44.8 Å². The Hall–Kier alpha value is -3.04. The van der Waals surface area contributed by atoms with Crippen LogP contribution in [0.15, 0.2) is 72.3 Å². The summed E-state index contributed by atoms with van der Waals surface area (Å²) in [5.74, 6) is -1.24. The first-order chi connectivity index (χ1) is 14.5. The number of benzene rings is 3. The molecule has 1 heterocycles. The van der Waals surface area contributed by atoms with Crippen molar-refractivity contribution in [3.05, 3.63) is 106 Å². The number of rotatable bonds is 1. The maximum atomic E-state index is 13.7. The van der Waals surface area contributed by atoms with Crippen LogP contribution < -0.4 is 0 Å². The minimum atomic E-state index is -0.798. The van der Waals surface area contributed by atoms with Crippen LogP contribution in [-0.2, 0) is 6.42 Å². The summed E-state index contributed by atoms with van der Waals surface area (Å²) in [5.41, 5.74) is 6.30. The second-order valence-corrected chi connectivity index (χ2v) is 9.31. The molecule has 0 saturated carbocycles. The molecule has 0 amide bonds. The lowest BCUT2D eigenvalue weighted by Gasteiger charge is -2.24. The lowest BCUT2D eigenvalue weighted by Crippen LogP contribution is -2.11. The highest BCUT2D eigenvalue weighted by Gasteiger charge is 2.25. The van der Waals surface area contributed by atoms with Crippen LogP contribution in [0.1, 0.15) is 21.6 Å². The predicted molar refractivity (Wildman–Crippen MR) is 123 cm³/mol. The van der Waals surface area contributed by atoms with Gasteiger partial charge >= 0.3 is 0 Å². The Balaban J connectivity index is 1.44. The summed E-state index contributed by atoms with van der Waals surface area (Å²) >= 11 is 1.77. The van der Waals surface area contributed by atoms with E-state index in [2.05, 4.69) is 55.5 Å². The highest BCUT2D eigenvalue weighted by molar-refractivity contribution is 7.19. The van der Waals surface area contributed by atoms with E-state index in [1.54, 1.807) is 11.3 Å². The molecule has 2 aliphatic carbocycles. The number of halogens is 2. The van der Waals surface area contributed by atoms with Crippen LogP contribution in [0.4, 0.5) is 8.78 Å². The number of hydrogen-bond acceptors (Lipinski definition) is 1. The second kappa shape index (κ2) is 6.48. The van der Waals surface area contributed by atoms with Gasteiger partial charge in [-0.1, -0.05) is 48.1 Å². The zero-order valence-corrected chi connectivity index (χ0v) is 17.2. The molecule has 0 radical (unpaired) electrons. The maximum Gasteiger partial charge on any atom is 0.159 e. The summed E-state index contributed by atoms with van der Waals surface area (Å²) in [6.07, 6.45) is 10.0. The molecule has 0 fully saturated rings. The number of allylic oxidation sites excluding steroid dienone is 5. The van der Waals surface area contributed by atoms with Crippen LogP contribution in [-0.4, -0.2) is 0 Å². The van der Waals surface area contributed by atoms with Gasteiger partial charge in [-0.25, -0.2) is 8.78 Å². The van der Waals surface area contributed by atoms with Crippen molar-refractivity contribution in [2.75, 3.05) is 0 Å². The SMILES string of the molecule is Cc1ccc(C2=CC3Cc4sc5cc6cc(F)c(F)cc6cc5c4C=C3C=C2)cc1. The van der Waals surface area contributed by atoms with E-state index in [0.29, 0.717) is 5.92 Å². The first-order valence-corrected chi connectivity index (χ1v) is 10.9. The minimum Gasteiger partial charge on any atom is -0.204 e. The monoisotopic (exact) mass is 412 g/mol. The Bertz CT molecular complexity index is 1430. The van der Waals surface area contributed by atoms with E-state index in [1.807, 2.05) is 12.1 Å². The molecule has 30 heavy (non-hydrogen) atoms. The zero-order chi connectivity index (χ0) is 20.4. The predicted octanol–water partition coefficient (Wildman–Crippen LogP) is 7.85. The summed E-state index contributed by atoms with van der Waals surface area (Å²) in [6, 6.07) is 15.2. The molecular weight excluding hydrogens is 394 g/mol. The molecule has 0 N–H and O–H groups in total. The summed E-state index contributed by atoms with van der Waals surface area (Å²) < 4.78 is 28.5. The molecule has 1 atom stereocenters. The summed E-state index contributed by atoms with van der Waals surface area (Å²) in [4.78, 5) is 1.34. The van der Waals surface area contributed by atoms with Gasteiger partial charge in [-0.05, 0) is 76.7 Å². The lowest BCUT2D eigenvalue weighted by molar-refractivity contribution is 0.511. The smallest absolute Gasteiger partial charge is 0.159 e. The molecule has 0 spiro atoms. The van der Waals surface area contributed by atoms with Gasteiger partial charge in [-0.15, -0.1) is 11.3 Å². The van der Waals surface area contributed by atoms with E-state index < -0.39 is 11.6 Å². The molecule has 0 saturated heterocycles. The fourth-order valence-corrected chi connectivity index (χ4v) is 5.80. The van der Waals surface area contributed by atoms with Crippen molar-refractivity contribution in [1.82, 2.24) is 0 Å². The van der Waals surface area contributed by atoms with Gasteiger partial charge < -0.3 is 0 Å². The van der Waals surface area contributed by atoms with E-state index in [0.717, 1.165) is 27.3 Å². The third-order valence-electron chi connectivity index (χ3n) is 6.17. The van der Waals surface area contributed by atoms with Gasteiger partial charge in [0.2, 0.25) is 0 Å². The Morgan fingerprint density at radius 2 is 1.63 bits per heavy atom. The second-order valence-electron chi connectivity index (χ2n) is 8.18. The molecule has 1 unspecified atom stereocenters. The Morgan fingerprint density at radius 1 is 0.900 bits per heavy atom. The van der Waals surface area contributed by atoms with Crippen LogP contribution in [0.3, 0.4) is 0 Å². The molecule has 0 bridgehead atoms. The highest BCUT2D eigenvalue weighted by atomic mass is 32.1. The maximum absolute atomic E-state index is 13.7. The van der Waals surface area contributed by atoms with E-state index >= 15 is 0 Å². The fraction of sp³-hybridized carbons (Fsp3) is 0.111. The van der Waals surface area contributed by atoms with Crippen molar-refractivity contribution in [2.24, 2.45) is 5.92 Å². The molecule has 0 nitrogen and oxygen atoms in total. The van der Waals surface area contributed by atoms with Crippen molar-refractivity contribution >= 4 is 43.8 Å². The topological polar surface area (TPSA) is 0 Å². The largest absolute Gasteiger partial charge is 0.204 e. The lowest BCUT2D eigenvalue weighted by atomic mass is 9.81. The summed E-state index contributed by atoms with van der Waals surface area (Å²) in [7, 11) is 0. The van der Waals surface area contributed by atoms with Crippen molar-refractivity contribution in [3.63, 3.8) is 0 Å². The van der Waals surface area contributed by atoms with Gasteiger partial charge in [0.25, 0.3) is 0 Å². The molecule has 146 valence electrons.